The molecule has 0 unspecified atom stereocenters. The number of ether oxygens (including phenoxy) is 3. The summed E-state index contributed by atoms with van der Waals surface area (Å²) in [6.45, 7) is 0. The van der Waals surface area contributed by atoms with E-state index in [0.29, 0.717) is 22.4 Å². The Morgan fingerprint density at radius 3 is 2.19 bits per heavy atom. The van der Waals surface area contributed by atoms with E-state index < -0.39 is 0 Å². The molecule has 5 heteroatoms. The van der Waals surface area contributed by atoms with Gasteiger partial charge < -0.3 is 14.2 Å². The molecule has 0 radical (unpaired) electrons. The van der Waals surface area contributed by atoms with Crippen LogP contribution in [0, 0.1) is 0 Å². The van der Waals surface area contributed by atoms with Crippen LogP contribution in [0.4, 0.5) is 0 Å². The maximum Gasteiger partial charge on any atom is 0.338 e. The molecule has 0 heterocycles. The Morgan fingerprint density at radius 1 is 1.00 bits per heavy atom. The maximum atomic E-state index is 11.6. The second-order valence-electron chi connectivity index (χ2n) is 4.22. The van der Waals surface area contributed by atoms with Gasteiger partial charge in [-0.3, -0.25) is 0 Å². The molecule has 0 aliphatic rings. The number of esters is 1. The second kappa shape index (κ2) is 7.13. The molecule has 2 aromatic rings. The lowest BCUT2D eigenvalue weighted by Gasteiger charge is -2.10. The molecule has 0 bridgehead atoms. The average Bonchev–Trinajstić information content (AvgIpc) is 2.54. The summed E-state index contributed by atoms with van der Waals surface area (Å²) >= 11 is 3.36. The molecule has 0 aliphatic carbocycles. The van der Waals surface area contributed by atoms with Crippen LogP contribution >= 0.6 is 15.9 Å². The van der Waals surface area contributed by atoms with Crippen molar-refractivity contribution < 1.29 is 19.0 Å². The van der Waals surface area contributed by atoms with Gasteiger partial charge >= 0.3 is 5.97 Å². The van der Waals surface area contributed by atoms with Crippen molar-refractivity contribution in [1.82, 2.24) is 0 Å². The number of rotatable bonds is 5. The minimum Gasteiger partial charge on any atom is -0.497 e. The summed E-state index contributed by atoms with van der Waals surface area (Å²) in [5, 5.41) is 0.539. The molecule has 0 aliphatic heterocycles. The number of halogens is 1. The molecule has 0 saturated heterocycles. The largest absolute Gasteiger partial charge is 0.497 e. The molecule has 110 valence electrons. The summed E-state index contributed by atoms with van der Waals surface area (Å²) in [5.41, 5.74) is 1.34. The van der Waals surface area contributed by atoms with Crippen LogP contribution in [0.25, 0.3) is 0 Å². The first-order valence-electron chi connectivity index (χ1n) is 6.27. The standard InChI is InChI=1S/C16H15BrO4/c1-19-12-3-5-13(6-4-12)21-14-7-8-15(16(18)20-2)11(9-14)10-17/h3-9H,10H2,1-2H3. The minimum atomic E-state index is -0.361. The van der Waals surface area contributed by atoms with Gasteiger partial charge in [0.15, 0.2) is 0 Å². The molecule has 21 heavy (non-hydrogen) atoms. The lowest BCUT2D eigenvalue weighted by atomic mass is 10.1. The Hall–Kier alpha value is -2.01. The molecule has 2 rings (SSSR count). The molecule has 0 N–H and O–H groups in total. The van der Waals surface area contributed by atoms with Crippen molar-refractivity contribution in [3.63, 3.8) is 0 Å². The maximum absolute atomic E-state index is 11.6. The molecular formula is C16H15BrO4. The first-order valence-corrected chi connectivity index (χ1v) is 7.39. The number of methoxy groups -OCH3 is 2. The number of carbonyl (C=O) groups is 1. The fourth-order valence-corrected chi connectivity index (χ4v) is 2.30. The molecule has 0 amide bonds. The third-order valence-electron chi connectivity index (χ3n) is 2.92. The highest BCUT2D eigenvalue weighted by atomic mass is 79.9. The number of carbonyl (C=O) groups excluding carboxylic acids is 1. The zero-order chi connectivity index (χ0) is 15.2. The summed E-state index contributed by atoms with van der Waals surface area (Å²) < 4.78 is 15.6. The number of hydrogen-bond donors (Lipinski definition) is 0. The van der Waals surface area contributed by atoms with E-state index in [-0.39, 0.29) is 5.97 Å². The molecule has 0 atom stereocenters. The third kappa shape index (κ3) is 3.76. The lowest BCUT2D eigenvalue weighted by molar-refractivity contribution is 0.0600. The molecule has 0 fully saturated rings. The van der Waals surface area contributed by atoms with Crippen molar-refractivity contribution in [3.05, 3.63) is 53.6 Å². The summed E-state index contributed by atoms with van der Waals surface area (Å²) in [6.07, 6.45) is 0. The Kier molecular flexibility index (Phi) is 5.22. The van der Waals surface area contributed by atoms with Crippen LogP contribution in [0.3, 0.4) is 0 Å². The SMILES string of the molecule is COC(=O)c1ccc(Oc2ccc(OC)cc2)cc1CBr. The van der Waals surface area contributed by atoms with Gasteiger partial charge in [-0.05, 0) is 48.0 Å². The van der Waals surface area contributed by atoms with Crippen LogP contribution in [0.2, 0.25) is 0 Å². The van der Waals surface area contributed by atoms with Gasteiger partial charge in [0.1, 0.15) is 17.2 Å². The predicted molar refractivity (Wildman–Crippen MR) is 83.5 cm³/mol. The van der Waals surface area contributed by atoms with Crippen LogP contribution in [0.5, 0.6) is 17.2 Å². The summed E-state index contributed by atoms with van der Waals surface area (Å²) in [7, 11) is 2.98. The van der Waals surface area contributed by atoms with Crippen molar-refractivity contribution in [2.24, 2.45) is 0 Å². The van der Waals surface area contributed by atoms with E-state index >= 15 is 0 Å². The van der Waals surface area contributed by atoms with Gasteiger partial charge in [0.25, 0.3) is 0 Å². The van der Waals surface area contributed by atoms with Gasteiger partial charge in [0.05, 0.1) is 19.8 Å². The zero-order valence-corrected chi connectivity index (χ0v) is 13.3. The fourth-order valence-electron chi connectivity index (χ4n) is 1.83. The highest BCUT2D eigenvalue weighted by Gasteiger charge is 2.12. The molecule has 0 aromatic heterocycles. The molecular weight excluding hydrogens is 336 g/mol. The van der Waals surface area contributed by atoms with E-state index in [1.165, 1.54) is 7.11 Å². The fraction of sp³-hybridized carbons (Fsp3) is 0.188. The number of benzene rings is 2. The van der Waals surface area contributed by atoms with Crippen LogP contribution < -0.4 is 9.47 Å². The van der Waals surface area contributed by atoms with Gasteiger partial charge in [-0.25, -0.2) is 4.79 Å². The Labute approximate surface area is 131 Å². The van der Waals surface area contributed by atoms with Crippen LogP contribution in [-0.2, 0) is 10.1 Å². The van der Waals surface area contributed by atoms with E-state index in [0.717, 1.165) is 11.3 Å². The van der Waals surface area contributed by atoms with Crippen molar-refractivity contribution >= 4 is 21.9 Å². The number of hydrogen-bond acceptors (Lipinski definition) is 4. The predicted octanol–water partition coefficient (Wildman–Crippen LogP) is 4.17. The molecule has 4 nitrogen and oxygen atoms in total. The Morgan fingerprint density at radius 2 is 1.62 bits per heavy atom. The highest BCUT2D eigenvalue weighted by Crippen LogP contribution is 2.27. The third-order valence-corrected chi connectivity index (χ3v) is 3.53. The topological polar surface area (TPSA) is 44.8 Å². The molecule has 0 saturated carbocycles. The van der Waals surface area contributed by atoms with Crippen LogP contribution in [0.15, 0.2) is 42.5 Å². The van der Waals surface area contributed by atoms with E-state index in [2.05, 4.69) is 15.9 Å². The van der Waals surface area contributed by atoms with E-state index in [4.69, 9.17) is 14.2 Å². The van der Waals surface area contributed by atoms with Crippen molar-refractivity contribution in [3.8, 4) is 17.2 Å². The van der Waals surface area contributed by atoms with Gasteiger partial charge in [-0.15, -0.1) is 0 Å². The Bertz CT molecular complexity index is 623. The quantitative estimate of drug-likeness (QED) is 0.599. The summed E-state index contributed by atoms with van der Waals surface area (Å²) in [4.78, 5) is 11.6. The second-order valence-corrected chi connectivity index (χ2v) is 4.78. The average molecular weight is 351 g/mol. The number of alkyl halides is 1. The smallest absolute Gasteiger partial charge is 0.338 e. The van der Waals surface area contributed by atoms with Gasteiger partial charge in [-0.1, -0.05) is 15.9 Å². The highest BCUT2D eigenvalue weighted by molar-refractivity contribution is 9.08. The van der Waals surface area contributed by atoms with Gasteiger partial charge in [-0.2, -0.15) is 0 Å². The minimum absolute atomic E-state index is 0.361. The van der Waals surface area contributed by atoms with E-state index in [1.807, 2.05) is 30.3 Å². The molecule has 0 spiro atoms. The van der Waals surface area contributed by atoms with Crippen molar-refractivity contribution in [2.75, 3.05) is 14.2 Å². The van der Waals surface area contributed by atoms with E-state index in [1.54, 1.807) is 19.2 Å². The Balaban J connectivity index is 2.22. The van der Waals surface area contributed by atoms with Gasteiger partial charge in [0.2, 0.25) is 0 Å². The first-order chi connectivity index (χ1) is 10.2. The van der Waals surface area contributed by atoms with Gasteiger partial charge in [0, 0.05) is 5.33 Å². The first kappa shape index (κ1) is 15.4. The zero-order valence-electron chi connectivity index (χ0n) is 11.8. The summed E-state index contributed by atoms with van der Waals surface area (Å²) in [6, 6.07) is 12.5. The van der Waals surface area contributed by atoms with Crippen LogP contribution in [-0.4, -0.2) is 20.2 Å². The molecule has 2 aromatic carbocycles. The van der Waals surface area contributed by atoms with Crippen LogP contribution in [0.1, 0.15) is 15.9 Å². The normalized spacial score (nSPS) is 10.0. The lowest BCUT2D eigenvalue weighted by Crippen LogP contribution is -2.04. The monoisotopic (exact) mass is 350 g/mol. The van der Waals surface area contributed by atoms with E-state index in [9.17, 15) is 4.79 Å². The van der Waals surface area contributed by atoms with Crippen molar-refractivity contribution in [1.29, 1.82) is 0 Å². The summed E-state index contributed by atoms with van der Waals surface area (Å²) in [5.74, 6) is 1.76. The van der Waals surface area contributed by atoms with Crippen molar-refractivity contribution in [2.45, 2.75) is 5.33 Å².